The third kappa shape index (κ3) is 5.41. The number of rotatable bonds is 6. The van der Waals surface area contributed by atoms with Crippen LogP contribution in [0.4, 0.5) is 0 Å². The van der Waals surface area contributed by atoms with E-state index < -0.39 is 0 Å². The van der Waals surface area contributed by atoms with E-state index in [0.717, 1.165) is 51.7 Å². The zero-order valence-corrected chi connectivity index (χ0v) is 13.7. The van der Waals surface area contributed by atoms with Crippen LogP contribution in [0.3, 0.4) is 0 Å². The predicted octanol–water partition coefficient (Wildman–Crippen LogP) is 3.80. The van der Waals surface area contributed by atoms with Crippen molar-refractivity contribution in [3.05, 3.63) is 24.3 Å². The summed E-state index contributed by atoms with van der Waals surface area (Å²) < 4.78 is 17.1. The van der Waals surface area contributed by atoms with Crippen LogP contribution in [0.5, 0.6) is 0 Å². The van der Waals surface area contributed by atoms with Gasteiger partial charge < -0.3 is 14.2 Å². The molecule has 1 heterocycles. The van der Waals surface area contributed by atoms with Crippen molar-refractivity contribution < 1.29 is 19.0 Å². The van der Waals surface area contributed by atoms with Gasteiger partial charge in [-0.05, 0) is 38.5 Å². The Kier molecular flexibility index (Phi) is 7.43. The van der Waals surface area contributed by atoms with E-state index in [0.29, 0.717) is 11.8 Å². The Labute approximate surface area is 137 Å². The third-order valence-corrected chi connectivity index (χ3v) is 4.48. The summed E-state index contributed by atoms with van der Waals surface area (Å²) in [6.07, 6.45) is 8.79. The molecule has 1 aliphatic carbocycles. The minimum atomic E-state index is -0.367. The summed E-state index contributed by atoms with van der Waals surface area (Å²) in [6.45, 7) is 5.29. The first kappa shape index (κ1) is 17.5. The lowest BCUT2D eigenvalue weighted by Crippen LogP contribution is -2.39. The molecule has 0 atom stereocenters. The molecule has 22 heavy (non-hydrogen) atoms. The SMILES string of the molecule is C=CCCC1COC(C2CCC(OC(=O)C=CCl)CC2)OC1. The van der Waals surface area contributed by atoms with Crippen molar-refractivity contribution in [2.45, 2.75) is 50.9 Å². The van der Waals surface area contributed by atoms with Gasteiger partial charge in [0.05, 0.1) is 13.2 Å². The second-order valence-electron chi connectivity index (χ2n) is 6.03. The van der Waals surface area contributed by atoms with Crippen LogP contribution in [0.25, 0.3) is 0 Å². The highest BCUT2D eigenvalue weighted by molar-refractivity contribution is 6.26. The van der Waals surface area contributed by atoms with Gasteiger partial charge in [0.25, 0.3) is 0 Å². The standard InChI is InChI=1S/C17H25ClO4/c1-2-3-4-13-11-20-17(21-12-13)14-5-7-15(8-6-14)22-16(19)9-10-18/h2,9-10,13-15,17H,1,3-8,11-12H2. The van der Waals surface area contributed by atoms with Crippen molar-refractivity contribution in [3.63, 3.8) is 0 Å². The lowest BCUT2D eigenvalue weighted by molar-refractivity contribution is -0.231. The van der Waals surface area contributed by atoms with Crippen molar-refractivity contribution in [3.8, 4) is 0 Å². The molecule has 0 unspecified atom stereocenters. The molecule has 2 fully saturated rings. The van der Waals surface area contributed by atoms with Crippen LogP contribution in [0.2, 0.25) is 0 Å². The summed E-state index contributed by atoms with van der Waals surface area (Å²) in [7, 11) is 0. The fraction of sp³-hybridized carbons (Fsp3) is 0.706. The molecule has 0 aromatic heterocycles. The van der Waals surface area contributed by atoms with Gasteiger partial charge in [0.2, 0.25) is 0 Å². The van der Waals surface area contributed by atoms with Crippen molar-refractivity contribution >= 4 is 17.6 Å². The average Bonchev–Trinajstić information content (AvgIpc) is 2.54. The Morgan fingerprint density at radius 1 is 1.23 bits per heavy atom. The molecule has 0 bridgehead atoms. The molecular weight excluding hydrogens is 304 g/mol. The first-order valence-corrected chi connectivity index (χ1v) is 8.48. The molecule has 1 saturated carbocycles. The van der Waals surface area contributed by atoms with Gasteiger partial charge in [-0.3, -0.25) is 0 Å². The molecule has 124 valence electrons. The molecule has 5 heteroatoms. The van der Waals surface area contributed by atoms with Crippen molar-refractivity contribution in [1.82, 2.24) is 0 Å². The van der Waals surface area contributed by atoms with E-state index in [1.165, 1.54) is 11.6 Å². The van der Waals surface area contributed by atoms with Gasteiger partial charge in [-0.1, -0.05) is 17.7 Å². The van der Waals surface area contributed by atoms with Gasteiger partial charge in [0.15, 0.2) is 6.29 Å². The molecule has 1 aliphatic heterocycles. The van der Waals surface area contributed by atoms with Crippen LogP contribution in [-0.2, 0) is 19.0 Å². The summed E-state index contributed by atoms with van der Waals surface area (Å²) in [6, 6.07) is 0. The molecule has 1 saturated heterocycles. The smallest absolute Gasteiger partial charge is 0.331 e. The summed E-state index contributed by atoms with van der Waals surface area (Å²) in [5.41, 5.74) is 1.18. The summed E-state index contributed by atoms with van der Waals surface area (Å²) >= 11 is 5.36. The maximum Gasteiger partial charge on any atom is 0.331 e. The number of carbonyl (C=O) groups is 1. The third-order valence-electron chi connectivity index (χ3n) is 4.36. The maximum absolute atomic E-state index is 11.4. The molecule has 2 rings (SSSR count). The van der Waals surface area contributed by atoms with Crippen LogP contribution in [-0.4, -0.2) is 31.6 Å². The fourth-order valence-corrected chi connectivity index (χ4v) is 3.19. The van der Waals surface area contributed by atoms with Gasteiger partial charge in [-0.25, -0.2) is 4.79 Å². The van der Waals surface area contributed by atoms with Crippen LogP contribution in [0, 0.1) is 11.8 Å². The normalized spacial score (nSPS) is 32.8. The topological polar surface area (TPSA) is 44.8 Å². The van der Waals surface area contributed by atoms with Crippen LogP contribution < -0.4 is 0 Å². The number of carbonyl (C=O) groups excluding carboxylic acids is 1. The van der Waals surface area contributed by atoms with Gasteiger partial charge >= 0.3 is 5.97 Å². The monoisotopic (exact) mass is 328 g/mol. The number of halogens is 1. The number of allylic oxidation sites excluding steroid dienone is 1. The number of ether oxygens (including phenoxy) is 3. The maximum atomic E-state index is 11.4. The molecule has 0 spiro atoms. The molecule has 0 amide bonds. The largest absolute Gasteiger partial charge is 0.459 e. The Balaban J connectivity index is 1.67. The first-order chi connectivity index (χ1) is 10.7. The van der Waals surface area contributed by atoms with E-state index in [2.05, 4.69) is 6.58 Å². The molecule has 0 radical (unpaired) electrons. The summed E-state index contributed by atoms with van der Waals surface area (Å²) in [4.78, 5) is 11.4. The molecule has 0 N–H and O–H groups in total. The lowest BCUT2D eigenvalue weighted by Gasteiger charge is -2.37. The molecule has 2 aliphatic rings. The molecule has 0 aromatic carbocycles. The Bertz CT molecular complexity index is 380. The fourth-order valence-electron chi connectivity index (χ4n) is 3.08. The molecule has 4 nitrogen and oxygen atoms in total. The van der Waals surface area contributed by atoms with Gasteiger partial charge in [0.1, 0.15) is 6.10 Å². The highest BCUT2D eigenvalue weighted by atomic mass is 35.5. The van der Waals surface area contributed by atoms with E-state index in [4.69, 9.17) is 25.8 Å². The number of hydrogen-bond acceptors (Lipinski definition) is 4. The van der Waals surface area contributed by atoms with Crippen LogP contribution in [0.15, 0.2) is 24.3 Å². The van der Waals surface area contributed by atoms with E-state index in [1.807, 2.05) is 6.08 Å². The van der Waals surface area contributed by atoms with Gasteiger partial charge in [-0.15, -0.1) is 6.58 Å². The Morgan fingerprint density at radius 2 is 1.91 bits per heavy atom. The van der Waals surface area contributed by atoms with Crippen molar-refractivity contribution in [1.29, 1.82) is 0 Å². The quantitative estimate of drug-likeness (QED) is 0.422. The van der Waals surface area contributed by atoms with E-state index >= 15 is 0 Å². The lowest BCUT2D eigenvalue weighted by atomic mass is 9.86. The highest BCUT2D eigenvalue weighted by Gasteiger charge is 2.33. The van der Waals surface area contributed by atoms with Gasteiger partial charge in [-0.2, -0.15) is 0 Å². The second kappa shape index (κ2) is 9.33. The predicted molar refractivity (Wildman–Crippen MR) is 85.4 cm³/mol. The summed E-state index contributed by atoms with van der Waals surface area (Å²) in [5, 5.41) is 0. The molecule has 0 aromatic rings. The zero-order chi connectivity index (χ0) is 15.8. The Morgan fingerprint density at radius 3 is 2.50 bits per heavy atom. The molecular formula is C17H25ClO4. The van der Waals surface area contributed by atoms with Gasteiger partial charge in [0, 0.05) is 23.4 Å². The minimum absolute atomic E-state index is 0.0134. The van der Waals surface area contributed by atoms with E-state index in [-0.39, 0.29) is 18.4 Å². The second-order valence-corrected chi connectivity index (χ2v) is 6.29. The van der Waals surface area contributed by atoms with Crippen molar-refractivity contribution in [2.24, 2.45) is 11.8 Å². The first-order valence-electron chi connectivity index (χ1n) is 8.04. The zero-order valence-electron chi connectivity index (χ0n) is 12.9. The summed E-state index contributed by atoms with van der Waals surface area (Å²) in [5.74, 6) is 0.515. The number of esters is 1. The minimum Gasteiger partial charge on any atom is -0.459 e. The van der Waals surface area contributed by atoms with Crippen LogP contribution in [0.1, 0.15) is 38.5 Å². The highest BCUT2D eigenvalue weighted by Crippen LogP contribution is 2.32. The van der Waals surface area contributed by atoms with Crippen LogP contribution >= 0.6 is 11.6 Å². The van der Waals surface area contributed by atoms with E-state index in [9.17, 15) is 4.79 Å². The van der Waals surface area contributed by atoms with Crippen molar-refractivity contribution in [2.75, 3.05) is 13.2 Å². The van der Waals surface area contributed by atoms with E-state index in [1.54, 1.807) is 0 Å². The average molecular weight is 329 g/mol. The Hall–Kier alpha value is -0.840. The number of hydrogen-bond donors (Lipinski definition) is 0.